The van der Waals surface area contributed by atoms with Crippen LogP contribution in [0.2, 0.25) is 0 Å². The van der Waals surface area contributed by atoms with Crippen molar-refractivity contribution < 1.29 is 14.0 Å². The van der Waals surface area contributed by atoms with E-state index in [1.165, 1.54) is 18.2 Å². The van der Waals surface area contributed by atoms with Crippen LogP contribution in [0.3, 0.4) is 0 Å². The summed E-state index contributed by atoms with van der Waals surface area (Å²) in [5, 5.41) is 6.04. The van der Waals surface area contributed by atoms with Gasteiger partial charge in [-0.1, -0.05) is 38.1 Å². The second-order valence-corrected chi connectivity index (χ2v) is 6.01. The van der Waals surface area contributed by atoms with Gasteiger partial charge in [-0.25, -0.2) is 4.39 Å². The van der Waals surface area contributed by atoms with Crippen LogP contribution < -0.4 is 10.6 Å². The normalized spacial score (nSPS) is 11.3. The van der Waals surface area contributed by atoms with Crippen LogP contribution in [-0.4, -0.2) is 18.2 Å². The van der Waals surface area contributed by atoms with E-state index in [0.29, 0.717) is 5.69 Å². The molecule has 0 aliphatic rings. The first-order valence-corrected chi connectivity index (χ1v) is 8.39. The van der Waals surface area contributed by atoms with Crippen molar-refractivity contribution in [2.75, 3.05) is 11.9 Å². The summed E-state index contributed by atoms with van der Waals surface area (Å²) in [5.41, 5.74) is 2.06. The quantitative estimate of drug-likeness (QED) is 0.676. The highest BCUT2D eigenvalue weighted by Gasteiger charge is 2.19. The Balaban J connectivity index is 0.00000338. The molecule has 1 amide bonds. The van der Waals surface area contributed by atoms with Crippen LogP contribution in [0.15, 0.2) is 48.5 Å². The highest BCUT2D eigenvalue weighted by Crippen LogP contribution is 2.16. The van der Waals surface area contributed by atoms with Crippen LogP contribution in [0.5, 0.6) is 0 Å². The molecule has 1 unspecified atom stereocenters. The molecule has 2 aromatic carbocycles. The van der Waals surface area contributed by atoms with Gasteiger partial charge in [-0.3, -0.25) is 9.59 Å². The molecule has 0 bridgehead atoms. The topological polar surface area (TPSA) is 58.2 Å². The Hall–Kier alpha value is -2.24. The first-order chi connectivity index (χ1) is 12.0. The van der Waals surface area contributed by atoms with E-state index >= 15 is 0 Å². The maximum atomic E-state index is 13.2. The predicted octanol–water partition coefficient (Wildman–Crippen LogP) is 4.20. The Kier molecular flexibility index (Phi) is 8.96. The molecule has 0 spiro atoms. The summed E-state index contributed by atoms with van der Waals surface area (Å²) in [6.45, 7) is 5.31. The number of carbonyl (C=O) groups is 2. The fourth-order valence-corrected chi connectivity index (χ4v) is 2.54. The second-order valence-electron chi connectivity index (χ2n) is 6.01. The number of carbonyl (C=O) groups excluding carboxylic acids is 2. The van der Waals surface area contributed by atoms with Crippen LogP contribution in [0.4, 0.5) is 10.1 Å². The van der Waals surface area contributed by atoms with Gasteiger partial charge in [0.2, 0.25) is 5.91 Å². The summed E-state index contributed by atoms with van der Waals surface area (Å²) in [6.07, 6.45) is 0.0484. The number of hydrogen-bond acceptors (Lipinski definition) is 3. The van der Waals surface area contributed by atoms with Crippen molar-refractivity contribution in [1.82, 2.24) is 5.32 Å². The third kappa shape index (κ3) is 6.58. The number of rotatable bonds is 8. The SMILES string of the molecule is CCNCc1cccc(NC(=O)CC(C)C(=O)c2cccc(F)c2)c1.Cl. The molecule has 2 N–H and O–H groups in total. The van der Waals surface area contributed by atoms with E-state index in [2.05, 4.69) is 10.6 Å². The number of Topliss-reactive ketones (excluding diaryl/α,β-unsaturated/α-hetero) is 1. The average molecular weight is 379 g/mol. The smallest absolute Gasteiger partial charge is 0.225 e. The Bertz CT molecular complexity index is 752. The monoisotopic (exact) mass is 378 g/mol. The lowest BCUT2D eigenvalue weighted by atomic mass is 9.96. The third-order valence-electron chi connectivity index (χ3n) is 3.84. The van der Waals surface area contributed by atoms with E-state index < -0.39 is 11.7 Å². The largest absolute Gasteiger partial charge is 0.326 e. The van der Waals surface area contributed by atoms with Gasteiger partial charge in [0.1, 0.15) is 5.82 Å². The van der Waals surface area contributed by atoms with Crippen molar-refractivity contribution in [3.8, 4) is 0 Å². The maximum absolute atomic E-state index is 13.2. The van der Waals surface area contributed by atoms with Gasteiger partial charge in [-0.05, 0) is 36.4 Å². The molecular formula is C20H24ClFN2O2. The molecule has 6 heteroatoms. The number of hydrogen-bond donors (Lipinski definition) is 2. The van der Waals surface area contributed by atoms with Gasteiger partial charge in [0, 0.05) is 30.1 Å². The Labute approximate surface area is 159 Å². The van der Waals surface area contributed by atoms with Crippen molar-refractivity contribution in [1.29, 1.82) is 0 Å². The molecule has 0 fully saturated rings. The van der Waals surface area contributed by atoms with E-state index in [0.717, 1.165) is 18.7 Å². The molecule has 0 aliphatic heterocycles. The number of benzene rings is 2. The molecule has 0 aliphatic carbocycles. The highest BCUT2D eigenvalue weighted by atomic mass is 35.5. The summed E-state index contributed by atoms with van der Waals surface area (Å²) in [4.78, 5) is 24.5. The van der Waals surface area contributed by atoms with E-state index in [1.807, 2.05) is 31.2 Å². The molecular weight excluding hydrogens is 355 g/mol. The van der Waals surface area contributed by atoms with Crippen molar-refractivity contribution >= 4 is 29.8 Å². The molecule has 140 valence electrons. The fourth-order valence-electron chi connectivity index (χ4n) is 2.54. The zero-order chi connectivity index (χ0) is 18.2. The lowest BCUT2D eigenvalue weighted by Gasteiger charge is -2.12. The van der Waals surface area contributed by atoms with Crippen molar-refractivity contribution in [2.24, 2.45) is 5.92 Å². The zero-order valence-electron chi connectivity index (χ0n) is 14.9. The van der Waals surface area contributed by atoms with E-state index in [4.69, 9.17) is 0 Å². The third-order valence-corrected chi connectivity index (χ3v) is 3.84. The van der Waals surface area contributed by atoms with Crippen molar-refractivity contribution in [2.45, 2.75) is 26.8 Å². The van der Waals surface area contributed by atoms with Gasteiger partial charge in [-0.15, -0.1) is 12.4 Å². The van der Waals surface area contributed by atoms with E-state index in [1.54, 1.807) is 13.0 Å². The number of halogens is 2. The maximum Gasteiger partial charge on any atom is 0.225 e. The summed E-state index contributed by atoms with van der Waals surface area (Å²) in [5.74, 6) is -1.46. The zero-order valence-corrected chi connectivity index (χ0v) is 15.7. The Morgan fingerprint density at radius 2 is 1.85 bits per heavy atom. The van der Waals surface area contributed by atoms with E-state index in [9.17, 15) is 14.0 Å². The number of amides is 1. The first kappa shape index (κ1) is 21.8. The molecule has 1 atom stereocenters. The fraction of sp³-hybridized carbons (Fsp3) is 0.300. The van der Waals surface area contributed by atoms with Gasteiger partial charge in [0.15, 0.2) is 5.78 Å². The molecule has 0 aromatic heterocycles. The minimum Gasteiger partial charge on any atom is -0.326 e. The summed E-state index contributed by atoms with van der Waals surface area (Å²) in [7, 11) is 0. The summed E-state index contributed by atoms with van der Waals surface area (Å²) < 4.78 is 13.2. The number of ketones is 1. The van der Waals surface area contributed by atoms with Crippen LogP contribution in [0.1, 0.15) is 36.2 Å². The molecule has 26 heavy (non-hydrogen) atoms. The lowest BCUT2D eigenvalue weighted by molar-refractivity contribution is -0.116. The lowest BCUT2D eigenvalue weighted by Crippen LogP contribution is -2.21. The summed E-state index contributed by atoms with van der Waals surface area (Å²) in [6, 6.07) is 13.1. The average Bonchev–Trinajstić information content (AvgIpc) is 2.59. The number of anilines is 1. The molecule has 0 heterocycles. The molecule has 0 radical (unpaired) electrons. The van der Waals surface area contributed by atoms with Gasteiger partial charge in [0.25, 0.3) is 0 Å². The Morgan fingerprint density at radius 3 is 2.54 bits per heavy atom. The molecule has 2 rings (SSSR count). The van der Waals surface area contributed by atoms with Crippen LogP contribution >= 0.6 is 12.4 Å². The van der Waals surface area contributed by atoms with Crippen LogP contribution in [0.25, 0.3) is 0 Å². The minimum atomic E-state index is -0.522. The van der Waals surface area contributed by atoms with Gasteiger partial charge in [-0.2, -0.15) is 0 Å². The predicted molar refractivity (Wildman–Crippen MR) is 104 cm³/mol. The first-order valence-electron chi connectivity index (χ1n) is 8.39. The molecule has 0 saturated heterocycles. The van der Waals surface area contributed by atoms with Crippen molar-refractivity contribution in [3.63, 3.8) is 0 Å². The van der Waals surface area contributed by atoms with E-state index in [-0.39, 0.29) is 36.1 Å². The second kappa shape index (κ2) is 10.7. The molecule has 4 nitrogen and oxygen atoms in total. The van der Waals surface area contributed by atoms with Gasteiger partial charge >= 0.3 is 0 Å². The van der Waals surface area contributed by atoms with Gasteiger partial charge < -0.3 is 10.6 Å². The van der Waals surface area contributed by atoms with Crippen molar-refractivity contribution in [3.05, 3.63) is 65.5 Å². The van der Waals surface area contributed by atoms with Gasteiger partial charge in [0.05, 0.1) is 0 Å². The standard InChI is InChI=1S/C20H23FN2O2.ClH/c1-3-22-13-15-6-4-9-18(11-15)23-19(24)10-14(2)20(25)16-7-5-8-17(21)12-16;/h4-9,11-12,14,22H,3,10,13H2,1-2H3,(H,23,24);1H. The minimum absolute atomic E-state index is 0. The Morgan fingerprint density at radius 1 is 1.12 bits per heavy atom. The van der Waals surface area contributed by atoms with Crippen LogP contribution in [0, 0.1) is 11.7 Å². The highest BCUT2D eigenvalue weighted by molar-refractivity contribution is 6.01. The molecule has 0 saturated carbocycles. The molecule has 2 aromatic rings. The number of nitrogens with one attached hydrogen (secondary N) is 2. The summed E-state index contributed by atoms with van der Waals surface area (Å²) >= 11 is 0. The van der Waals surface area contributed by atoms with Crippen LogP contribution in [-0.2, 0) is 11.3 Å².